The van der Waals surface area contributed by atoms with Crippen LogP contribution in [0.15, 0.2) is 28.6 Å². The molecular weight excluding hydrogens is 238 g/mol. The maximum Gasteiger partial charge on any atom is 0.480 e. The quantitative estimate of drug-likeness (QED) is 0.777. The average Bonchev–Trinajstić information content (AvgIpc) is 2.07. The van der Waals surface area contributed by atoms with E-state index >= 15 is 0 Å². The fourth-order valence-electron chi connectivity index (χ4n) is 0.839. The lowest BCUT2D eigenvalue weighted by molar-refractivity contribution is 0.424. The van der Waals surface area contributed by atoms with Gasteiger partial charge in [0.05, 0.1) is 4.47 Å². The molecule has 13 heavy (non-hydrogen) atoms. The van der Waals surface area contributed by atoms with Crippen LogP contribution in [0.5, 0.6) is 0 Å². The van der Waals surface area contributed by atoms with Gasteiger partial charge in [-0.2, -0.15) is 0 Å². The molecule has 0 aromatic heterocycles. The standard InChI is InChI=1S/C8H7BBrFO2/c10-7-3-1-2-6(8(7)11)4-5-9(12)13/h1-5,12-13H/b5-4+. The molecule has 0 spiro atoms. The maximum atomic E-state index is 13.2. The Morgan fingerprint density at radius 3 is 2.69 bits per heavy atom. The Balaban J connectivity index is 2.95. The van der Waals surface area contributed by atoms with Gasteiger partial charge in [0.15, 0.2) is 0 Å². The van der Waals surface area contributed by atoms with E-state index in [2.05, 4.69) is 15.9 Å². The van der Waals surface area contributed by atoms with E-state index in [9.17, 15) is 4.39 Å². The maximum absolute atomic E-state index is 13.2. The largest absolute Gasteiger partial charge is 0.480 e. The van der Waals surface area contributed by atoms with Gasteiger partial charge < -0.3 is 10.0 Å². The predicted octanol–water partition coefficient (Wildman–Crippen LogP) is 1.61. The van der Waals surface area contributed by atoms with E-state index in [4.69, 9.17) is 10.0 Å². The second-order valence-electron chi connectivity index (χ2n) is 2.42. The van der Waals surface area contributed by atoms with Crippen molar-refractivity contribution < 1.29 is 14.4 Å². The van der Waals surface area contributed by atoms with E-state index in [0.29, 0.717) is 10.0 Å². The first-order valence-electron chi connectivity index (χ1n) is 3.59. The fourth-order valence-corrected chi connectivity index (χ4v) is 1.22. The van der Waals surface area contributed by atoms with E-state index in [1.165, 1.54) is 6.08 Å². The number of halogens is 2. The van der Waals surface area contributed by atoms with Crippen molar-refractivity contribution in [2.75, 3.05) is 0 Å². The highest BCUT2D eigenvalue weighted by molar-refractivity contribution is 9.10. The van der Waals surface area contributed by atoms with Crippen molar-refractivity contribution in [1.82, 2.24) is 0 Å². The first-order valence-corrected chi connectivity index (χ1v) is 4.39. The summed E-state index contributed by atoms with van der Waals surface area (Å²) in [4.78, 5) is 0. The lowest BCUT2D eigenvalue weighted by Gasteiger charge is -1.98. The van der Waals surface area contributed by atoms with Crippen LogP contribution in [0.25, 0.3) is 6.08 Å². The van der Waals surface area contributed by atoms with Gasteiger partial charge in [0, 0.05) is 5.56 Å². The Bertz CT molecular complexity index is 328. The molecule has 0 unspecified atom stereocenters. The van der Waals surface area contributed by atoms with Crippen LogP contribution in [0.1, 0.15) is 5.56 Å². The monoisotopic (exact) mass is 244 g/mol. The summed E-state index contributed by atoms with van der Waals surface area (Å²) in [5, 5.41) is 17.0. The normalized spacial score (nSPS) is 10.8. The van der Waals surface area contributed by atoms with E-state index in [0.717, 1.165) is 5.98 Å². The van der Waals surface area contributed by atoms with Crippen molar-refractivity contribution in [3.05, 3.63) is 40.0 Å². The summed E-state index contributed by atoms with van der Waals surface area (Å²) in [7, 11) is -1.56. The molecular formula is C8H7BBrFO2. The lowest BCUT2D eigenvalue weighted by atomic mass is 9.91. The van der Waals surface area contributed by atoms with Gasteiger partial charge in [0.2, 0.25) is 0 Å². The molecule has 0 bridgehead atoms. The van der Waals surface area contributed by atoms with Gasteiger partial charge in [-0.05, 0) is 22.0 Å². The fraction of sp³-hybridized carbons (Fsp3) is 0. The minimum atomic E-state index is -1.56. The highest BCUT2D eigenvalue weighted by atomic mass is 79.9. The molecule has 1 aromatic rings. The molecule has 0 radical (unpaired) electrons. The molecule has 0 fully saturated rings. The zero-order valence-electron chi connectivity index (χ0n) is 6.61. The van der Waals surface area contributed by atoms with Crippen LogP contribution < -0.4 is 0 Å². The molecule has 68 valence electrons. The third-order valence-electron chi connectivity index (χ3n) is 1.43. The molecule has 5 heteroatoms. The minimum absolute atomic E-state index is 0.308. The van der Waals surface area contributed by atoms with Crippen molar-refractivity contribution in [2.45, 2.75) is 0 Å². The first-order chi connectivity index (χ1) is 6.11. The van der Waals surface area contributed by atoms with Crippen LogP contribution in [-0.2, 0) is 0 Å². The molecule has 1 aromatic carbocycles. The van der Waals surface area contributed by atoms with Crippen LogP contribution in [0.4, 0.5) is 4.39 Å². The van der Waals surface area contributed by atoms with Crippen LogP contribution in [0, 0.1) is 5.82 Å². The van der Waals surface area contributed by atoms with E-state index in [1.807, 2.05) is 0 Å². The molecule has 1 rings (SSSR count). The van der Waals surface area contributed by atoms with Gasteiger partial charge in [0.1, 0.15) is 5.82 Å². The molecule has 0 aliphatic heterocycles. The van der Waals surface area contributed by atoms with E-state index in [1.54, 1.807) is 18.2 Å². The summed E-state index contributed by atoms with van der Waals surface area (Å²) < 4.78 is 13.5. The first kappa shape index (κ1) is 10.4. The van der Waals surface area contributed by atoms with Crippen LogP contribution in [0.2, 0.25) is 0 Å². The van der Waals surface area contributed by atoms with Crippen LogP contribution in [-0.4, -0.2) is 17.2 Å². The predicted molar refractivity (Wildman–Crippen MR) is 53.3 cm³/mol. The van der Waals surface area contributed by atoms with Crippen molar-refractivity contribution in [1.29, 1.82) is 0 Å². The van der Waals surface area contributed by atoms with Gasteiger partial charge in [0.25, 0.3) is 0 Å². The van der Waals surface area contributed by atoms with Crippen molar-refractivity contribution in [3.8, 4) is 0 Å². The molecule has 2 nitrogen and oxygen atoms in total. The SMILES string of the molecule is OB(O)/C=C/c1cccc(Br)c1F. The highest BCUT2D eigenvalue weighted by Crippen LogP contribution is 2.19. The lowest BCUT2D eigenvalue weighted by Crippen LogP contribution is -2.05. The van der Waals surface area contributed by atoms with Crippen molar-refractivity contribution in [2.24, 2.45) is 0 Å². The Kier molecular flexibility index (Phi) is 3.65. The van der Waals surface area contributed by atoms with Gasteiger partial charge in [-0.25, -0.2) is 4.39 Å². The molecule has 0 heterocycles. The van der Waals surface area contributed by atoms with Gasteiger partial charge in [-0.15, -0.1) is 0 Å². The van der Waals surface area contributed by atoms with Crippen LogP contribution in [0.3, 0.4) is 0 Å². The Morgan fingerprint density at radius 2 is 2.08 bits per heavy atom. The smallest absolute Gasteiger partial charge is 0.424 e. The molecule has 0 aliphatic carbocycles. The molecule has 0 saturated carbocycles. The van der Waals surface area contributed by atoms with Gasteiger partial charge in [-0.3, -0.25) is 0 Å². The van der Waals surface area contributed by atoms with Crippen LogP contribution >= 0.6 is 15.9 Å². The number of hydrogen-bond donors (Lipinski definition) is 2. The molecule has 0 saturated heterocycles. The summed E-state index contributed by atoms with van der Waals surface area (Å²) in [6, 6.07) is 4.78. The summed E-state index contributed by atoms with van der Waals surface area (Å²) in [6.07, 6.45) is 1.31. The Morgan fingerprint density at radius 1 is 1.38 bits per heavy atom. The summed E-state index contributed by atoms with van der Waals surface area (Å²) >= 11 is 3.02. The Labute approximate surface area is 84.0 Å². The number of rotatable bonds is 2. The molecule has 0 aliphatic rings. The number of hydrogen-bond acceptors (Lipinski definition) is 2. The molecule has 2 N–H and O–H groups in total. The average molecular weight is 245 g/mol. The molecule has 0 amide bonds. The second-order valence-corrected chi connectivity index (χ2v) is 3.27. The summed E-state index contributed by atoms with van der Waals surface area (Å²) in [5.41, 5.74) is 0.308. The number of benzene rings is 1. The topological polar surface area (TPSA) is 40.5 Å². The molecule has 0 atom stereocenters. The minimum Gasteiger partial charge on any atom is -0.424 e. The van der Waals surface area contributed by atoms with Crippen molar-refractivity contribution >= 4 is 29.1 Å². The summed E-state index contributed by atoms with van der Waals surface area (Å²) in [5.74, 6) is 0.671. The highest BCUT2D eigenvalue weighted by Gasteiger charge is 2.04. The zero-order chi connectivity index (χ0) is 9.84. The third kappa shape index (κ3) is 2.95. The van der Waals surface area contributed by atoms with E-state index in [-0.39, 0.29) is 0 Å². The summed E-state index contributed by atoms with van der Waals surface area (Å²) in [6.45, 7) is 0. The zero-order valence-corrected chi connectivity index (χ0v) is 8.20. The second kappa shape index (κ2) is 4.55. The van der Waals surface area contributed by atoms with E-state index < -0.39 is 12.9 Å². The Hall–Kier alpha value is -0.645. The van der Waals surface area contributed by atoms with Gasteiger partial charge in [-0.1, -0.05) is 24.2 Å². The van der Waals surface area contributed by atoms with Crippen molar-refractivity contribution in [3.63, 3.8) is 0 Å². The third-order valence-corrected chi connectivity index (χ3v) is 2.04. The van der Waals surface area contributed by atoms with Gasteiger partial charge >= 0.3 is 7.12 Å².